The maximum absolute atomic E-state index is 8.97. The quantitative estimate of drug-likeness (QED) is 0.720. The van der Waals surface area contributed by atoms with E-state index < -0.39 is 5.41 Å². The van der Waals surface area contributed by atoms with Crippen LogP contribution in [-0.4, -0.2) is 0 Å². The van der Waals surface area contributed by atoms with E-state index in [1.54, 1.807) is 26.0 Å². The first-order valence-corrected chi connectivity index (χ1v) is 5.08. The van der Waals surface area contributed by atoms with Crippen LogP contribution in [-0.2, 0) is 5.41 Å². The summed E-state index contributed by atoms with van der Waals surface area (Å²) in [6, 6.07) is 5.32. The third kappa shape index (κ3) is 2.15. The highest BCUT2D eigenvalue weighted by atomic mass is 35.5. The van der Waals surface area contributed by atoms with Gasteiger partial charge in [0.05, 0.1) is 11.5 Å². The second kappa shape index (κ2) is 3.98. The molecule has 1 aromatic rings. The molecule has 0 bridgehead atoms. The number of halogens is 3. The maximum atomic E-state index is 8.97. The van der Waals surface area contributed by atoms with Gasteiger partial charge in [-0.1, -0.05) is 34.8 Å². The Hall–Kier alpha value is -0.420. The molecule has 0 atom stereocenters. The first-order valence-electron chi connectivity index (χ1n) is 3.95. The number of hydrogen-bond acceptors (Lipinski definition) is 1. The van der Waals surface area contributed by atoms with Crippen molar-refractivity contribution in [1.29, 1.82) is 5.26 Å². The average molecular weight is 249 g/mol. The Kier molecular flexibility index (Phi) is 3.32. The lowest BCUT2D eigenvalue weighted by Gasteiger charge is -2.19. The predicted octanol–water partition coefficient (Wildman–Crippen LogP) is 4.45. The van der Waals surface area contributed by atoms with E-state index in [0.29, 0.717) is 20.6 Å². The van der Waals surface area contributed by atoms with Crippen LogP contribution in [0.2, 0.25) is 15.1 Å². The number of nitrogens with zero attached hydrogens (tertiary/aromatic N) is 1. The number of hydrogen-bond donors (Lipinski definition) is 0. The first-order chi connectivity index (χ1) is 6.38. The van der Waals surface area contributed by atoms with Gasteiger partial charge in [-0.3, -0.25) is 0 Å². The summed E-state index contributed by atoms with van der Waals surface area (Å²) in [4.78, 5) is 0. The Morgan fingerprint density at radius 1 is 1.14 bits per heavy atom. The smallest absolute Gasteiger partial charge is 0.0795 e. The summed E-state index contributed by atoms with van der Waals surface area (Å²) < 4.78 is 0. The molecular weight excluding hydrogens is 240 g/mol. The topological polar surface area (TPSA) is 23.8 Å². The van der Waals surface area contributed by atoms with Crippen molar-refractivity contribution in [3.8, 4) is 6.07 Å². The molecule has 1 rings (SSSR count). The fraction of sp³-hybridized carbons (Fsp3) is 0.300. The molecule has 0 amide bonds. The molecule has 0 saturated heterocycles. The Morgan fingerprint density at radius 2 is 1.57 bits per heavy atom. The Morgan fingerprint density at radius 3 is 1.93 bits per heavy atom. The van der Waals surface area contributed by atoms with Crippen molar-refractivity contribution < 1.29 is 0 Å². The van der Waals surface area contributed by atoms with Gasteiger partial charge in [0.2, 0.25) is 0 Å². The summed E-state index contributed by atoms with van der Waals surface area (Å²) in [6.07, 6.45) is 0. The molecule has 0 unspecified atom stereocenters. The van der Waals surface area contributed by atoms with Crippen molar-refractivity contribution in [3.63, 3.8) is 0 Å². The molecule has 0 radical (unpaired) electrons. The molecule has 0 spiro atoms. The van der Waals surface area contributed by atoms with Gasteiger partial charge in [-0.05, 0) is 26.0 Å². The van der Waals surface area contributed by atoms with Crippen LogP contribution in [0.5, 0.6) is 0 Å². The van der Waals surface area contributed by atoms with Gasteiger partial charge in [-0.2, -0.15) is 5.26 Å². The second-order valence-corrected chi connectivity index (χ2v) is 4.73. The average Bonchev–Trinajstić information content (AvgIpc) is 2.01. The molecule has 1 aromatic carbocycles. The fourth-order valence-corrected chi connectivity index (χ4v) is 2.48. The number of nitriles is 1. The van der Waals surface area contributed by atoms with E-state index in [-0.39, 0.29) is 0 Å². The van der Waals surface area contributed by atoms with E-state index in [1.165, 1.54) is 0 Å². The molecule has 4 heteroatoms. The zero-order valence-corrected chi connectivity index (χ0v) is 10.0. The summed E-state index contributed by atoms with van der Waals surface area (Å²) in [5.74, 6) is 0. The van der Waals surface area contributed by atoms with Crippen LogP contribution in [0.15, 0.2) is 12.1 Å². The number of rotatable bonds is 1. The van der Waals surface area contributed by atoms with Crippen LogP contribution in [0.4, 0.5) is 0 Å². The number of benzene rings is 1. The van der Waals surface area contributed by atoms with Gasteiger partial charge in [0, 0.05) is 20.6 Å². The Labute approximate surface area is 98.2 Å². The third-order valence-electron chi connectivity index (χ3n) is 1.91. The largest absolute Gasteiger partial charge is 0.197 e. The van der Waals surface area contributed by atoms with Crippen LogP contribution >= 0.6 is 34.8 Å². The lowest BCUT2D eigenvalue weighted by molar-refractivity contribution is 0.687. The molecule has 0 aliphatic carbocycles. The van der Waals surface area contributed by atoms with E-state index in [1.807, 2.05) is 0 Å². The van der Waals surface area contributed by atoms with Gasteiger partial charge >= 0.3 is 0 Å². The third-order valence-corrected chi connectivity index (χ3v) is 2.73. The van der Waals surface area contributed by atoms with Crippen LogP contribution in [0.25, 0.3) is 0 Å². The van der Waals surface area contributed by atoms with Crippen LogP contribution in [0.1, 0.15) is 19.4 Å². The molecule has 0 aromatic heterocycles. The van der Waals surface area contributed by atoms with E-state index >= 15 is 0 Å². The van der Waals surface area contributed by atoms with Gasteiger partial charge in [0.15, 0.2) is 0 Å². The molecular formula is C10H8Cl3N. The minimum atomic E-state index is -0.710. The van der Waals surface area contributed by atoms with Crippen LogP contribution < -0.4 is 0 Å². The molecule has 0 aliphatic rings. The van der Waals surface area contributed by atoms with E-state index in [9.17, 15) is 0 Å². The highest BCUT2D eigenvalue weighted by molar-refractivity contribution is 6.39. The van der Waals surface area contributed by atoms with Crippen molar-refractivity contribution in [3.05, 3.63) is 32.8 Å². The van der Waals surface area contributed by atoms with Gasteiger partial charge in [-0.15, -0.1) is 0 Å². The zero-order valence-electron chi connectivity index (χ0n) is 7.74. The summed E-state index contributed by atoms with van der Waals surface area (Å²) in [6.45, 7) is 3.52. The van der Waals surface area contributed by atoms with E-state index in [2.05, 4.69) is 6.07 Å². The lowest BCUT2D eigenvalue weighted by Crippen LogP contribution is -2.15. The molecule has 0 fully saturated rings. The second-order valence-electron chi connectivity index (χ2n) is 3.48. The minimum Gasteiger partial charge on any atom is -0.197 e. The standard InChI is InChI=1S/C10H8Cl3N/c1-10(2,5-14)9-7(12)3-6(11)4-8(9)13/h3-4H,1-2H3. The molecule has 1 nitrogen and oxygen atoms in total. The zero-order chi connectivity index (χ0) is 10.9. The first kappa shape index (κ1) is 11.7. The minimum absolute atomic E-state index is 0.425. The molecule has 14 heavy (non-hydrogen) atoms. The van der Waals surface area contributed by atoms with Gasteiger partial charge in [-0.25, -0.2) is 0 Å². The van der Waals surface area contributed by atoms with Crippen LogP contribution in [0, 0.1) is 11.3 Å². The molecule has 0 aliphatic heterocycles. The van der Waals surface area contributed by atoms with Crippen molar-refractivity contribution in [2.45, 2.75) is 19.3 Å². The SMILES string of the molecule is CC(C)(C#N)c1c(Cl)cc(Cl)cc1Cl. The lowest BCUT2D eigenvalue weighted by atomic mass is 9.86. The van der Waals surface area contributed by atoms with Crippen molar-refractivity contribution >= 4 is 34.8 Å². The van der Waals surface area contributed by atoms with Crippen molar-refractivity contribution in [2.24, 2.45) is 0 Å². The summed E-state index contributed by atoms with van der Waals surface area (Å²) >= 11 is 17.7. The fourth-order valence-electron chi connectivity index (χ4n) is 1.20. The van der Waals surface area contributed by atoms with Gasteiger partial charge < -0.3 is 0 Å². The summed E-state index contributed by atoms with van der Waals surface area (Å²) in [7, 11) is 0. The summed E-state index contributed by atoms with van der Waals surface area (Å²) in [5, 5.41) is 10.3. The van der Waals surface area contributed by atoms with Crippen molar-refractivity contribution in [2.75, 3.05) is 0 Å². The van der Waals surface area contributed by atoms with Gasteiger partial charge in [0.1, 0.15) is 0 Å². The molecule has 0 N–H and O–H groups in total. The monoisotopic (exact) mass is 247 g/mol. The maximum Gasteiger partial charge on any atom is 0.0795 e. The van der Waals surface area contributed by atoms with Crippen LogP contribution in [0.3, 0.4) is 0 Å². The highest BCUT2D eigenvalue weighted by Crippen LogP contribution is 2.37. The molecule has 0 saturated carbocycles. The van der Waals surface area contributed by atoms with Crippen molar-refractivity contribution in [1.82, 2.24) is 0 Å². The Bertz CT molecular complexity index is 381. The summed E-state index contributed by atoms with van der Waals surface area (Å²) in [5.41, 5.74) is -0.0913. The normalized spacial score (nSPS) is 11.1. The molecule has 0 heterocycles. The molecule has 74 valence electrons. The van der Waals surface area contributed by atoms with Gasteiger partial charge in [0.25, 0.3) is 0 Å². The highest BCUT2D eigenvalue weighted by Gasteiger charge is 2.26. The predicted molar refractivity (Wildman–Crippen MR) is 60.1 cm³/mol. The van der Waals surface area contributed by atoms with E-state index in [4.69, 9.17) is 40.1 Å². The van der Waals surface area contributed by atoms with E-state index in [0.717, 1.165) is 0 Å². The Balaban J connectivity index is 3.44.